The highest BCUT2D eigenvalue weighted by Crippen LogP contribution is 2.36. The molecule has 5 nitrogen and oxygen atoms in total. The number of ether oxygens (including phenoxy) is 1. The van der Waals surface area contributed by atoms with Crippen LogP contribution in [0.4, 0.5) is 0 Å². The van der Waals surface area contributed by atoms with E-state index in [2.05, 4.69) is 38.8 Å². The number of pyridine rings is 1. The monoisotopic (exact) mass is 382 g/mol. The van der Waals surface area contributed by atoms with Crippen LogP contribution in [-0.4, -0.2) is 37.1 Å². The van der Waals surface area contributed by atoms with E-state index in [1.165, 1.54) is 0 Å². The molecule has 0 spiro atoms. The molecule has 0 aliphatic carbocycles. The van der Waals surface area contributed by atoms with Gasteiger partial charge in [0.15, 0.2) is 13.5 Å². The Kier molecular flexibility index (Phi) is 5.96. The summed E-state index contributed by atoms with van der Waals surface area (Å²) in [7, 11) is -1.86. The Morgan fingerprint density at radius 2 is 2.04 bits per heavy atom. The Morgan fingerprint density at radius 3 is 2.64 bits per heavy atom. The van der Waals surface area contributed by atoms with E-state index in [1.807, 2.05) is 10.6 Å². The van der Waals surface area contributed by atoms with Crippen LogP contribution in [0.5, 0.6) is 0 Å². The first-order chi connectivity index (χ1) is 11.6. The van der Waals surface area contributed by atoms with E-state index in [4.69, 9.17) is 20.8 Å². The smallest absolute Gasteiger partial charge is 0.354 e. The lowest BCUT2D eigenvalue weighted by molar-refractivity contribution is 0.0513. The first-order valence-electron chi connectivity index (χ1n) is 8.53. The summed E-state index contributed by atoms with van der Waals surface area (Å²) in [6.45, 7) is 14.2. The lowest BCUT2D eigenvalue weighted by Gasteiger charge is -2.36. The number of rotatable bonds is 6. The molecule has 0 N–H and O–H groups in total. The van der Waals surface area contributed by atoms with E-state index >= 15 is 0 Å². The predicted molar refractivity (Wildman–Crippen MR) is 104 cm³/mol. The summed E-state index contributed by atoms with van der Waals surface area (Å²) in [4.78, 5) is 16.5. The molecule has 2 heterocycles. The van der Waals surface area contributed by atoms with Crippen LogP contribution in [0.25, 0.3) is 10.9 Å². The summed E-state index contributed by atoms with van der Waals surface area (Å²) < 4.78 is 13.3. The normalized spacial score (nSPS) is 12.6. The maximum atomic E-state index is 12.3. The molecule has 0 saturated heterocycles. The summed E-state index contributed by atoms with van der Waals surface area (Å²) >= 11 is 6.28. The molecule has 2 rings (SSSR count). The Labute approximate surface area is 155 Å². The third-order valence-corrected chi connectivity index (χ3v) is 9.65. The maximum Gasteiger partial charge on any atom is 0.354 e. The Balaban J connectivity index is 2.32. The first kappa shape index (κ1) is 19.9. The van der Waals surface area contributed by atoms with E-state index in [0.717, 1.165) is 10.9 Å². The third kappa shape index (κ3) is 4.24. The summed E-state index contributed by atoms with van der Waals surface area (Å²) in [5.74, 6) is -0.359. The zero-order valence-electron chi connectivity index (χ0n) is 15.9. The molecule has 0 saturated carbocycles. The van der Waals surface area contributed by atoms with Crippen LogP contribution in [0, 0.1) is 0 Å². The molecular formula is C18H27ClN2O3Si. The molecule has 2 aromatic rings. The van der Waals surface area contributed by atoms with Gasteiger partial charge in [-0.3, -0.25) is 0 Å². The second kappa shape index (κ2) is 7.48. The fraction of sp³-hybridized carbons (Fsp3) is 0.556. The number of fused-ring (bicyclic) bond motifs is 1. The minimum atomic E-state index is -1.86. The van der Waals surface area contributed by atoms with Gasteiger partial charge in [0.1, 0.15) is 5.69 Å². The molecule has 7 heteroatoms. The van der Waals surface area contributed by atoms with Crippen molar-refractivity contribution in [2.75, 3.05) is 13.2 Å². The van der Waals surface area contributed by atoms with Crippen LogP contribution in [0.15, 0.2) is 18.3 Å². The van der Waals surface area contributed by atoms with Crippen molar-refractivity contribution in [2.24, 2.45) is 0 Å². The molecule has 0 aliphatic heterocycles. The third-order valence-electron chi connectivity index (χ3n) is 4.83. The van der Waals surface area contributed by atoms with Crippen LogP contribution < -0.4 is 0 Å². The number of aromatic nitrogens is 2. The van der Waals surface area contributed by atoms with Crippen molar-refractivity contribution in [2.45, 2.75) is 52.4 Å². The van der Waals surface area contributed by atoms with Crippen LogP contribution in [0.3, 0.4) is 0 Å². The molecular weight excluding hydrogens is 356 g/mol. The summed E-state index contributed by atoms with van der Waals surface area (Å²) in [5.41, 5.74) is 1.22. The highest BCUT2D eigenvalue weighted by molar-refractivity contribution is 6.74. The molecule has 0 fully saturated rings. The number of nitrogens with zero attached hydrogens (tertiary/aromatic N) is 2. The largest absolute Gasteiger partial charge is 0.461 e. The van der Waals surface area contributed by atoms with Crippen LogP contribution in [0.1, 0.15) is 38.2 Å². The van der Waals surface area contributed by atoms with Crippen molar-refractivity contribution >= 4 is 36.8 Å². The van der Waals surface area contributed by atoms with Crippen LogP contribution >= 0.6 is 11.6 Å². The van der Waals surface area contributed by atoms with Gasteiger partial charge in [0.2, 0.25) is 0 Å². The predicted octanol–water partition coefficient (Wildman–Crippen LogP) is 4.89. The maximum absolute atomic E-state index is 12.3. The summed E-state index contributed by atoms with van der Waals surface area (Å²) in [6.07, 6.45) is 1.63. The Hall–Kier alpha value is -1.37. The van der Waals surface area contributed by atoms with Gasteiger partial charge in [0.25, 0.3) is 0 Å². The topological polar surface area (TPSA) is 53.3 Å². The van der Waals surface area contributed by atoms with Gasteiger partial charge < -0.3 is 13.7 Å². The Morgan fingerprint density at radius 1 is 1.36 bits per heavy atom. The standard InChI is InChI=1S/C18H27ClN2O3Si/c1-7-23-17(22)14-12-13-8-9-20-16(19)15(13)21(14)10-11-24-25(5,6)18(2,3)4/h8-9,12H,7,10-11H2,1-6H3. The minimum absolute atomic E-state index is 0.134. The van der Waals surface area contributed by atoms with Crippen molar-refractivity contribution in [1.82, 2.24) is 9.55 Å². The number of halogens is 1. The van der Waals surface area contributed by atoms with Gasteiger partial charge in [0.05, 0.1) is 18.7 Å². The van der Waals surface area contributed by atoms with Crippen molar-refractivity contribution in [3.63, 3.8) is 0 Å². The van der Waals surface area contributed by atoms with Crippen molar-refractivity contribution in [3.8, 4) is 0 Å². The molecule has 0 aromatic carbocycles. The molecule has 0 unspecified atom stereocenters. The molecule has 25 heavy (non-hydrogen) atoms. The lowest BCUT2D eigenvalue weighted by atomic mass is 10.2. The molecule has 0 radical (unpaired) electrons. The lowest BCUT2D eigenvalue weighted by Crippen LogP contribution is -2.41. The zero-order chi connectivity index (χ0) is 18.8. The molecule has 138 valence electrons. The fourth-order valence-corrected chi connectivity index (χ4v) is 3.69. The average Bonchev–Trinajstić information content (AvgIpc) is 2.86. The van der Waals surface area contributed by atoms with E-state index in [0.29, 0.717) is 30.6 Å². The number of carbonyl (C=O) groups excluding carboxylic acids is 1. The fourth-order valence-electron chi connectivity index (χ4n) is 2.39. The van der Waals surface area contributed by atoms with E-state index in [1.54, 1.807) is 19.2 Å². The van der Waals surface area contributed by atoms with Gasteiger partial charge in [-0.2, -0.15) is 0 Å². The van der Waals surface area contributed by atoms with Gasteiger partial charge in [-0.1, -0.05) is 32.4 Å². The second-order valence-electron chi connectivity index (χ2n) is 7.55. The zero-order valence-corrected chi connectivity index (χ0v) is 17.6. The SMILES string of the molecule is CCOC(=O)c1cc2ccnc(Cl)c2n1CCO[Si](C)(C)C(C)(C)C. The summed E-state index contributed by atoms with van der Waals surface area (Å²) in [6, 6.07) is 3.64. The summed E-state index contributed by atoms with van der Waals surface area (Å²) in [5, 5.41) is 1.38. The van der Waals surface area contributed by atoms with E-state index < -0.39 is 8.32 Å². The minimum Gasteiger partial charge on any atom is -0.461 e. The van der Waals surface area contributed by atoms with Crippen LogP contribution in [0.2, 0.25) is 23.3 Å². The Bertz CT molecular complexity index is 766. The molecule has 2 aromatic heterocycles. The molecule has 0 bridgehead atoms. The number of hydrogen-bond acceptors (Lipinski definition) is 4. The van der Waals surface area contributed by atoms with Crippen molar-refractivity contribution in [1.29, 1.82) is 0 Å². The van der Waals surface area contributed by atoms with Gasteiger partial charge in [0, 0.05) is 18.1 Å². The quantitative estimate of drug-likeness (QED) is 0.405. The number of carbonyl (C=O) groups is 1. The van der Waals surface area contributed by atoms with Crippen molar-refractivity contribution < 1.29 is 14.0 Å². The molecule has 0 amide bonds. The number of esters is 1. The number of hydrogen-bond donors (Lipinski definition) is 0. The highest BCUT2D eigenvalue weighted by Gasteiger charge is 2.37. The highest BCUT2D eigenvalue weighted by atomic mass is 35.5. The van der Waals surface area contributed by atoms with E-state index in [-0.39, 0.29) is 11.0 Å². The van der Waals surface area contributed by atoms with Crippen molar-refractivity contribution in [3.05, 3.63) is 29.2 Å². The second-order valence-corrected chi connectivity index (χ2v) is 12.7. The van der Waals surface area contributed by atoms with Gasteiger partial charge in [-0.05, 0) is 37.2 Å². The molecule has 0 atom stereocenters. The average molecular weight is 383 g/mol. The van der Waals surface area contributed by atoms with Gasteiger partial charge in [-0.15, -0.1) is 0 Å². The molecule has 0 aliphatic rings. The van der Waals surface area contributed by atoms with Gasteiger partial charge in [-0.25, -0.2) is 9.78 Å². The van der Waals surface area contributed by atoms with Crippen LogP contribution in [-0.2, 0) is 15.7 Å². The first-order valence-corrected chi connectivity index (χ1v) is 11.8. The van der Waals surface area contributed by atoms with E-state index in [9.17, 15) is 4.79 Å². The van der Waals surface area contributed by atoms with Gasteiger partial charge >= 0.3 is 5.97 Å².